The van der Waals surface area contributed by atoms with Gasteiger partial charge in [-0.1, -0.05) is 0 Å². The van der Waals surface area contributed by atoms with Gasteiger partial charge in [0.05, 0.1) is 6.20 Å². The smallest absolute Gasteiger partial charge is 0.344 e. The molecule has 29 heavy (non-hydrogen) atoms. The Labute approximate surface area is 166 Å². The first kappa shape index (κ1) is 19.8. The molecule has 2 heterocycles. The number of anilines is 3. The lowest BCUT2D eigenvalue weighted by Crippen LogP contribution is -2.24. The van der Waals surface area contributed by atoms with E-state index in [1.54, 1.807) is 20.8 Å². The molecule has 0 saturated carbocycles. The lowest BCUT2D eigenvalue weighted by molar-refractivity contribution is 0.00708. The summed E-state index contributed by atoms with van der Waals surface area (Å²) in [6.07, 6.45) is 1.25. The van der Waals surface area contributed by atoms with Gasteiger partial charge in [0.15, 0.2) is 0 Å². The first-order chi connectivity index (χ1) is 13.7. The van der Waals surface area contributed by atoms with Crippen LogP contribution in [0.15, 0.2) is 36.5 Å². The van der Waals surface area contributed by atoms with E-state index < -0.39 is 11.6 Å². The maximum Gasteiger partial charge on any atom is 0.344 e. The summed E-state index contributed by atoms with van der Waals surface area (Å²) >= 11 is 0. The highest BCUT2D eigenvalue weighted by molar-refractivity contribution is 5.94. The fourth-order valence-corrected chi connectivity index (χ4v) is 2.34. The van der Waals surface area contributed by atoms with Crippen LogP contribution in [0.4, 0.5) is 21.7 Å². The number of benzene rings is 1. The largest absolute Gasteiger partial charge is 0.456 e. The molecule has 0 radical (unpaired) electrons. The van der Waals surface area contributed by atoms with Crippen molar-refractivity contribution in [1.82, 2.24) is 19.7 Å². The minimum Gasteiger partial charge on any atom is -0.456 e. The minimum atomic E-state index is -0.699. The molecule has 0 saturated heterocycles. The van der Waals surface area contributed by atoms with Crippen LogP contribution >= 0.6 is 0 Å². The molecule has 9 nitrogen and oxygen atoms in total. The number of rotatable bonds is 4. The van der Waals surface area contributed by atoms with Crippen molar-refractivity contribution in [2.75, 3.05) is 11.1 Å². The van der Waals surface area contributed by atoms with E-state index in [9.17, 15) is 14.4 Å². The Bertz CT molecular complexity index is 1100. The number of esters is 1. The first-order valence-electron chi connectivity index (χ1n) is 8.55. The summed E-state index contributed by atoms with van der Waals surface area (Å²) in [4.78, 5) is 20.7. The van der Waals surface area contributed by atoms with Crippen molar-refractivity contribution >= 4 is 23.3 Å². The zero-order valence-electron chi connectivity index (χ0n) is 16.0. The number of carbonyl (C=O) groups is 1. The highest BCUT2D eigenvalue weighted by atomic mass is 19.1. The molecule has 3 rings (SSSR count). The van der Waals surface area contributed by atoms with E-state index in [0.29, 0.717) is 5.69 Å². The number of nitrogens with one attached hydrogen (secondary N) is 1. The van der Waals surface area contributed by atoms with Crippen LogP contribution in [0, 0.1) is 17.1 Å². The Morgan fingerprint density at radius 1 is 1.28 bits per heavy atom. The lowest BCUT2D eigenvalue weighted by Gasteiger charge is -2.19. The number of hydrogen-bond acceptors (Lipinski definition) is 8. The van der Waals surface area contributed by atoms with Gasteiger partial charge in [-0.15, -0.1) is 0 Å². The Morgan fingerprint density at radius 2 is 1.97 bits per heavy atom. The predicted octanol–water partition coefficient (Wildman–Crippen LogP) is 2.95. The molecule has 2 aromatic heterocycles. The highest BCUT2D eigenvalue weighted by Crippen LogP contribution is 2.21. The van der Waals surface area contributed by atoms with Gasteiger partial charge < -0.3 is 15.8 Å². The Hall–Kier alpha value is -4.00. The summed E-state index contributed by atoms with van der Waals surface area (Å²) in [5, 5.41) is 16.3. The van der Waals surface area contributed by atoms with Gasteiger partial charge in [0.1, 0.15) is 40.4 Å². The number of nitrogen functional groups attached to an aromatic ring is 1. The van der Waals surface area contributed by atoms with Gasteiger partial charge in [-0.05, 0) is 45.0 Å². The number of aromatic nitrogens is 4. The molecule has 0 aliphatic heterocycles. The van der Waals surface area contributed by atoms with E-state index in [0.717, 1.165) is 4.68 Å². The molecule has 0 aliphatic carbocycles. The molecule has 0 unspecified atom stereocenters. The molecule has 1 aromatic carbocycles. The zero-order chi connectivity index (χ0) is 21.2. The summed E-state index contributed by atoms with van der Waals surface area (Å²) in [5.74, 6) is -0.784. The van der Waals surface area contributed by atoms with Crippen molar-refractivity contribution in [3.63, 3.8) is 0 Å². The third kappa shape index (κ3) is 4.65. The van der Waals surface area contributed by atoms with E-state index in [4.69, 9.17) is 10.5 Å². The molecule has 0 amide bonds. The third-order valence-corrected chi connectivity index (χ3v) is 3.56. The van der Waals surface area contributed by atoms with Gasteiger partial charge in [0.2, 0.25) is 0 Å². The van der Waals surface area contributed by atoms with Crippen molar-refractivity contribution < 1.29 is 13.9 Å². The van der Waals surface area contributed by atoms with Crippen molar-refractivity contribution in [2.24, 2.45) is 0 Å². The number of hydrogen-bond donors (Lipinski definition) is 2. The summed E-state index contributed by atoms with van der Waals surface area (Å²) in [7, 11) is 0. The van der Waals surface area contributed by atoms with Crippen LogP contribution in [0.1, 0.15) is 36.8 Å². The Kier molecular flexibility index (Phi) is 5.14. The van der Waals surface area contributed by atoms with E-state index in [1.807, 2.05) is 6.07 Å². The van der Waals surface area contributed by atoms with Gasteiger partial charge in [-0.25, -0.2) is 9.18 Å². The molecule has 0 aliphatic rings. The molecule has 0 spiro atoms. The molecule has 0 bridgehead atoms. The van der Waals surface area contributed by atoms with E-state index >= 15 is 0 Å². The number of nitrogens with two attached hydrogens (primary N) is 1. The molecular weight excluding hydrogens is 377 g/mol. The van der Waals surface area contributed by atoms with Crippen LogP contribution in [0.3, 0.4) is 0 Å². The Morgan fingerprint density at radius 3 is 2.59 bits per heavy atom. The number of nitrogens with zero attached hydrogens (tertiary/aromatic N) is 5. The van der Waals surface area contributed by atoms with Gasteiger partial charge in [-0.2, -0.15) is 25.0 Å². The van der Waals surface area contributed by atoms with Crippen LogP contribution in [-0.4, -0.2) is 31.3 Å². The number of ether oxygens (including phenoxy) is 1. The lowest BCUT2D eigenvalue weighted by atomic mass is 10.2. The number of halogens is 1. The second-order valence-corrected chi connectivity index (χ2v) is 7.04. The summed E-state index contributed by atoms with van der Waals surface area (Å²) in [6.45, 7) is 5.20. The average molecular weight is 395 g/mol. The molecular formula is C19H18FN7O2. The maximum atomic E-state index is 13.1. The Balaban J connectivity index is 1.96. The molecule has 0 fully saturated rings. The maximum absolute atomic E-state index is 13.1. The zero-order valence-corrected chi connectivity index (χ0v) is 16.0. The minimum absolute atomic E-state index is 0.0130. The predicted molar refractivity (Wildman–Crippen MR) is 103 cm³/mol. The van der Waals surface area contributed by atoms with E-state index in [2.05, 4.69) is 20.4 Å². The third-order valence-electron chi connectivity index (χ3n) is 3.56. The standard InChI is InChI=1S/C19H18FN7O2/c1-19(2,3)29-17(28)14-10-23-27(16(14)22)18-25-13(9-21)8-15(26-18)24-12-6-4-11(20)5-7-12/h4-8,10H,22H2,1-3H3,(H,24,25,26). The van der Waals surface area contributed by atoms with Crippen LogP contribution in [0.2, 0.25) is 0 Å². The van der Waals surface area contributed by atoms with Crippen LogP contribution < -0.4 is 11.1 Å². The normalized spacial score (nSPS) is 11.0. The fraction of sp³-hybridized carbons (Fsp3) is 0.211. The topological polar surface area (TPSA) is 132 Å². The first-order valence-corrected chi connectivity index (χ1v) is 8.55. The van der Waals surface area contributed by atoms with Gasteiger partial charge >= 0.3 is 5.97 Å². The van der Waals surface area contributed by atoms with Gasteiger partial charge in [0.25, 0.3) is 5.95 Å². The number of carbonyl (C=O) groups excluding carboxylic acids is 1. The van der Waals surface area contributed by atoms with E-state index in [-0.39, 0.29) is 34.7 Å². The van der Waals surface area contributed by atoms with Crippen molar-refractivity contribution in [1.29, 1.82) is 5.26 Å². The van der Waals surface area contributed by atoms with Crippen molar-refractivity contribution in [3.8, 4) is 12.0 Å². The molecule has 148 valence electrons. The monoisotopic (exact) mass is 395 g/mol. The van der Waals surface area contributed by atoms with Crippen LogP contribution in [-0.2, 0) is 4.74 Å². The average Bonchev–Trinajstić information content (AvgIpc) is 3.03. The number of nitriles is 1. The fourth-order valence-electron chi connectivity index (χ4n) is 2.34. The molecule has 3 aromatic rings. The quantitative estimate of drug-likeness (QED) is 0.645. The van der Waals surface area contributed by atoms with Gasteiger partial charge in [0, 0.05) is 11.8 Å². The molecule has 0 atom stereocenters. The van der Waals surface area contributed by atoms with Gasteiger partial charge in [-0.3, -0.25) is 0 Å². The second-order valence-electron chi connectivity index (χ2n) is 7.04. The van der Waals surface area contributed by atoms with Crippen molar-refractivity contribution in [3.05, 3.63) is 53.6 Å². The van der Waals surface area contributed by atoms with Crippen molar-refractivity contribution in [2.45, 2.75) is 26.4 Å². The van der Waals surface area contributed by atoms with Crippen LogP contribution in [0.5, 0.6) is 0 Å². The summed E-state index contributed by atoms with van der Waals surface area (Å²) < 4.78 is 19.5. The molecule has 3 N–H and O–H groups in total. The SMILES string of the molecule is CC(C)(C)OC(=O)c1cnn(-c2nc(C#N)cc(Nc3ccc(F)cc3)n2)c1N. The van der Waals surface area contributed by atoms with Crippen LogP contribution in [0.25, 0.3) is 5.95 Å². The van der Waals surface area contributed by atoms with E-state index in [1.165, 1.54) is 36.5 Å². The summed E-state index contributed by atoms with van der Waals surface area (Å²) in [6, 6.07) is 8.96. The highest BCUT2D eigenvalue weighted by Gasteiger charge is 2.24. The molecule has 10 heteroatoms. The summed E-state index contributed by atoms with van der Waals surface area (Å²) in [5.41, 5.74) is 6.00. The second kappa shape index (κ2) is 7.55.